The van der Waals surface area contributed by atoms with Gasteiger partial charge in [-0.2, -0.15) is 4.31 Å². The topological polar surface area (TPSA) is 95.6 Å². The fourth-order valence-corrected chi connectivity index (χ4v) is 7.01. The minimum absolute atomic E-state index is 0.00740. The molecule has 0 spiro atoms. The number of fused-ring (bicyclic) bond motifs is 1. The van der Waals surface area contributed by atoms with Gasteiger partial charge in [0.25, 0.3) is 11.8 Å². The monoisotopic (exact) mass is 495 g/mol. The Morgan fingerprint density at radius 2 is 1.59 bits per heavy atom. The number of hydrogen-bond acceptors (Lipinski definition) is 5. The summed E-state index contributed by atoms with van der Waals surface area (Å²) in [6.07, 6.45) is 8.04. The van der Waals surface area contributed by atoms with Crippen molar-refractivity contribution >= 4 is 44.8 Å². The molecule has 2 heterocycles. The van der Waals surface area contributed by atoms with Gasteiger partial charge in [0.1, 0.15) is 0 Å². The summed E-state index contributed by atoms with van der Waals surface area (Å²) in [5, 5.41) is 0.109. The van der Waals surface area contributed by atoms with Gasteiger partial charge in [-0.1, -0.05) is 24.4 Å². The van der Waals surface area contributed by atoms with Crippen molar-refractivity contribution in [3.05, 3.63) is 50.2 Å². The molecule has 172 valence electrons. The first-order chi connectivity index (χ1) is 15.4. The van der Waals surface area contributed by atoms with E-state index in [4.69, 9.17) is 11.6 Å². The number of hydrazine groups is 1. The Labute approximate surface area is 197 Å². The molecule has 1 saturated heterocycles. The number of carbonyl (C=O) groups is 2. The zero-order valence-corrected chi connectivity index (χ0v) is 20.0. The van der Waals surface area contributed by atoms with Gasteiger partial charge in [0.05, 0.1) is 20.4 Å². The molecule has 32 heavy (non-hydrogen) atoms. The maximum atomic E-state index is 12.9. The number of sulfonamides is 1. The zero-order valence-electron chi connectivity index (χ0n) is 17.7. The highest BCUT2D eigenvalue weighted by Crippen LogP contribution is 2.29. The van der Waals surface area contributed by atoms with Crippen molar-refractivity contribution in [1.82, 2.24) is 15.2 Å². The van der Waals surface area contributed by atoms with Crippen molar-refractivity contribution in [2.75, 3.05) is 13.1 Å². The molecule has 0 atom stereocenters. The molecular weight excluding hydrogens is 470 g/mol. The Bertz CT molecular complexity index is 1100. The van der Waals surface area contributed by atoms with Crippen molar-refractivity contribution < 1.29 is 18.0 Å². The van der Waals surface area contributed by atoms with Crippen LogP contribution in [-0.4, -0.2) is 37.6 Å². The van der Waals surface area contributed by atoms with E-state index >= 15 is 0 Å². The maximum Gasteiger partial charge on any atom is 0.279 e. The average Bonchev–Trinajstić information content (AvgIpc) is 3.08. The van der Waals surface area contributed by atoms with Gasteiger partial charge in [-0.15, -0.1) is 11.3 Å². The lowest BCUT2D eigenvalue weighted by Crippen LogP contribution is -2.41. The summed E-state index contributed by atoms with van der Waals surface area (Å²) in [7, 11) is -3.71. The Hall–Kier alpha value is -1.94. The van der Waals surface area contributed by atoms with Gasteiger partial charge in [0, 0.05) is 18.0 Å². The molecule has 7 nitrogen and oxygen atoms in total. The van der Waals surface area contributed by atoms with E-state index in [0.29, 0.717) is 18.0 Å². The van der Waals surface area contributed by atoms with Crippen LogP contribution in [0.3, 0.4) is 0 Å². The number of halogens is 1. The van der Waals surface area contributed by atoms with E-state index in [-0.39, 0.29) is 15.5 Å². The smallest absolute Gasteiger partial charge is 0.267 e. The molecule has 0 saturated carbocycles. The molecule has 10 heteroatoms. The molecule has 4 rings (SSSR count). The molecule has 1 aromatic heterocycles. The van der Waals surface area contributed by atoms with Crippen LogP contribution in [0, 0.1) is 0 Å². The standard InChI is InChI=1S/C22H26ClN3O4S2/c23-18-10-9-16(32(29,30)26-11-5-2-6-12-26)14-17(18)21(27)24-25-22(28)20-13-15-7-3-1-4-8-19(15)31-20/h9-10,13-14H,1-8,11-12H2,(H,24,27)(H,25,28). The predicted octanol–water partition coefficient (Wildman–Crippen LogP) is 3.92. The van der Waals surface area contributed by atoms with Gasteiger partial charge >= 0.3 is 0 Å². The summed E-state index contributed by atoms with van der Waals surface area (Å²) in [4.78, 5) is 27.0. The molecule has 2 aromatic rings. The molecule has 0 bridgehead atoms. The highest BCUT2D eigenvalue weighted by molar-refractivity contribution is 7.89. The van der Waals surface area contributed by atoms with E-state index in [9.17, 15) is 18.0 Å². The molecule has 1 fully saturated rings. The number of amides is 2. The Morgan fingerprint density at radius 3 is 2.38 bits per heavy atom. The fraction of sp³-hybridized carbons (Fsp3) is 0.455. The highest BCUT2D eigenvalue weighted by atomic mass is 35.5. The van der Waals surface area contributed by atoms with Crippen molar-refractivity contribution in [1.29, 1.82) is 0 Å². The van der Waals surface area contributed by atoms with Gasteiger partial charge in [-0.05, 0) is 68.4 Å². The fourth-order valence-electron chi connectivity index (χ4n) is 4.11. The van der Waals surface area contributed by atoms with Crippen molar-refractivity contribution in [2.45, 2.75) is 56.3 Å². The summed E-state index contributed by atoms with van der Waals surface area (Å²) in [6.45, 7) is 0.931. The first-order valence-electron chi connectivity index (χ1n) is 10.9. The van der Waals surface area contributed by atoms with Gasteiger partial charge < -0.3 is 0 Å². The van der Waals surface area contributed by atoms with Crippen molar-refractivity contribution in [3.63, 3.8) is 0 Å². The number of hydrogen-bond donors (Lipinski definition) is 2. The van der Waals surface area contributed by atoms with E-state index in [1.54, 1.807) is 0 Å². The third-order valence-corrected chi connectivity index (χ3v) is 9.36. The van der Waals surface area contributed by atoms with Crippen LogP contribution in [-0.2, 0) is 22.9 Å². The Balaban J connectivity index is 1.45. The molecule has 1 aliphatic carbocycles. The van der Waals surface area contributed by atoms with E-state index < -0.39 is 21.8 Å². The minimum Gasteiger partial charge on any atom is -0.267 e. The van der Waals surface area contributed by atoms with E-state index in [0.717, 1.165) is 44.9 Å². The van der Waals surface area contributed by atoms with Crippen molar-refractivity contribution in [3.8, 4) is 0 Å². The van der Waals surface area contributed by atoms with E-state index in [2.05, 4.69) is 10.9 Å². The molecule has 1 aliphatic heterocycles. The third kappa shape index (κ3) is 5.01. The number of rotatable bonds is 4. The number of carbonyl (C=O) groups excluding carboxylic acids is 2. The van der Waals surface area contributed by atoms with Crippen LogP contribution in [0.5, 0.6) is 0 Å². The highest BCUT2D eigenvalue weighted by Gasteiger charge is 2.27. The number of benzene rings is 1. The van der Waals surface area contributed by atoms with Gasteiger partial charge in [0.15, 0.2) is 0 Å². The number of piperidine rings is 1. The largest absolute Gasteiger partial charge is 0.279 e. The van der Waals surface area contributed by atoms with Gasteiger partial charge in [-0.25, -0.2) is 8.42 Å². The lowest BCUT2D eigenvalue weighted by molar-refractivity contribution is 0.0849. The normalized spacial score (nSPS) is 17.3. The quantitative estimate of drug-likeness (QED) is 0.496. The van der Waals surface area contributed by atoms with Gasteiger partial charge in [-0.3, -0.25) is 20.4 Å². The van der Waals surface area contributed by atoms with Crippen molar-refractivity contribution in [2.24, 2.45) is 0 Å². The maximum absolute atomic E-state index is 12.9. The number of nitrogens with one attached hydrogen (secondary N) is 2. The van der Waals surface area contributed by atoms with Crippen LogP contribution in [0.4, 0.5) is 0 Å². The molecule has 2 aliphatic rings. The second-order valence-corrected chi connectivity index (χ2v) is 11.6. The molecule has 2 N–H and O–H groups in total. The lowest BCUT2D eigenvalue weighted by atomic mass is 10.1. The molecule has 0 radical (unpaired) electrons. The first-order valence-corrected chi connectivity index (χ1v) is 13.5. The first kappa shape index (κ1) is 23.2. The van der Waals surface area contributed by atoms with Crippen LogP contribution in [0.2, 0.25) is 5.02 Å². The predicted molar refractivity (Wildman–Crippen MR) is 125 cm³/mol. The van der Waals surface area contributed by atoms with Crippen LogP contribution < -0.4 is 10.9 Å². The molecule has 0 unspecified atom stereocenters. The second-order valence-electron chi connectivity index (χ2n) is 8.13. The summed E-state index contributed by atoms with van der Waals surface area (Å²) in [5.41, 5.74) is 5.99. The SMILES string of the molecule is O=C(NNC(=O)c1cc(S(=O)(=O)N2CCCCC2)ccc1Cl)c1cc2c(s1)CCCCC2. The Morgan fingerprint density at radius 1 is 0.906 bits per heavy atom. The zero-order chi connectivity index (χ0) is 22.7. The average molecular weight is 496 g/mol. The lowest BCUT2D eigenvalue weighted by Gasteiger charge is -2.26. The summed E-state index contributed by atoms with van der Waals surface area (Å²) >= 11 is 7.62. The van der Waals surface area contributed by atoms with Crippen LogP contribution in [0.1, 0.15) is 69.0 Å². The molecule has 1 aromatic carbocycles. The third-order valence-electron chi connectivity index (χ3n) is 5.90. The Kier molecular flexibility index (Phi) is 7.19. The molecular formula is C22H26ClN3O4S2. The number of nitrogens with zero attached hydrogens (tertiary/aromatic N) is 1. The van der Waals surface area contributed by atoms with Crippen LogP contribution in [0.25, 0.3) is 0 Å². The van der Waals surface area contributed by atoms with E-state index in [1.807, 2.05) is 6.07 Å². The minimum atomic E-state index is -3.71. The van der Waals surface area contributed by atoms with Gasteiger partial charge in [0.2, 0.25) is 10.0 Å². The summed E-state index contributed by atoms with van der Waals surface area (Å²) < 4.78 is 27.3. The van der Waals surface area contributed by atoms with E-state index in [1.165, 1.54) is 50.7 Å². The van der Waals surface area contributed by atoms with Crippen LogP contribution >= 0.6 is 22.9 Å². The molecule has 2 amide bonds. The number of thiophene rings is 1. The van der Waals surface area contributed by atoms with Crippen LogP contribution in [0.15, 0.2) is 29.2 Å². The number of aryl methyl sites for hydroxylation is 2. The summed E-state index contributed by atoms with van der Waals surface area (Å²) in [6, 6.07) is 5.96. The summed E-state index contributed by atoms with van der Waals surface area (Å²) in [5.74, 6) is -1.07. The second kappa shape index (κ2) is 9.91.